The molecular weight excluding hydrogens is 393 g/mol. The fourth-order valence-corrected chi connectivity index (χ4v) is 3.05. The van der Waals surface area contributed by atoms with Gasteiger partial charge in [-0.05, 0) is 47.4 Å². The minimum atomic E-state index is 0. The van der Waals surface area contributed by atoms with E-state index >= 15 is 0 Å². The van der Waals surface area contributed by atoms with E-state index in [2.05, 4.69) is 30.4 Å². The van der Waals surface area contributed by atoms with Gasteiger partial charge in [0.2, 0.25) is 0 Å². The molecule has 0 fully saturated rings. The molecule has 3 aromatic carbocycles. The first kappa shape index (κ1) is 22.1. The first-order valence-electron chi connectivity index (χ1n) is 8.95. The number of hydrogen-bond acceptors (Lipinski definition) is 3. The zero-order valence-corrected chi connectivity index (χ0v) is 17.6. The normalized spacial score (nSPS) is 10.2. The van der Waals surface area contributed by atoms with E-state index < -0.39 is 0 Å². The number of hydrogen-bond donors (Lipinski definition) is 1. The summed E-state index contributed by atoms with van der Waals surface area (Å²) < 4.78 is 11.5. The SMILES string of the molecule is COc1cc(CNCc2ccccc2Cl)ccc1OCc1ccccc1C.Cl. The standard InChI is InChI=1S/C23H24ClNO2.ClH/c1-17-7-3-4-9-20(17)16-27-22-12-11-18(13-23(22)26-2)14-25-15-19-8-5-6-10-21(19)24;/h3-13,25H,14-16H2,1-2H3;1H. The molecule has 0 aromatic heterocycles. The van der Waals surface area contributed by atoms with Crippen molar-refractivity contribution in [2.45, 2.75) is 26.6 Å². The van der Waals surface area contributed by atoms with Gasteiger partial charge < -0.3 is 14.8 Å². The zero-order chi connectivity index (χ0) is 19.1. The van der Waals surface area contributed by atoms with Gasteiger partial charge >= 0.3 is 0 Å². The molecule has 3 aromatic rings. The summed E-state index contributed by atoms with van der Waals surface area (Å²) in [6, 6.07) is 22.1. The molecule has 0 aliphatic carbocycles. The molecule has 1 N–H and O–H groups in total. The number of halogens is 2. The zero-order valence-electron chi connectivity index (χ0n) is 16.1. The van der Waals surface area contributed by atoms with E-state index in [0.29, 0.717) is 13.2 Å². The molecule has 0 atom stereocenters. The molecule has 0 aliphatic heterocycles. The maximum absolute atomic E-state index is 6.19. The molecule has 5 heteroatoms. The fourth-order valence-electron chi connectivity index (χ4n) is 2.85. The highest BCUT2D eigenvalue weighted by Crippen LogP contribution is 2.29. The van der Waals surface area contributed by atoms with Gasteiger partial charge in [0.05, 0.1) is 7.11 Å². The van der Waals surface area contributed by atoms with Crippen LogP contribution in [0.2, 0.25) is 5.02 Å². The van der Waals surface area contributed by atoms with Crippen molar-refractivity contribution in [1.82, 2.24) is 5.32 Å². The Balaban J connectivity index is 0.00000280. The number of methoxy groups -OCH3 is 1. The molecular formula is C23H25Cl2NO2. The van der Waals surface area contributed by atoms with Crippen molar-refractivity contribution in [2.75, 3.05) is 7.11 Å². The average Bonchev–Trinajstić information content (AvgIpc) is 2.69. The molecule has 0 heterocycles. The number of ether oxygens (including phenoxy) is 2. The van der Waals surface area contributed by atoms with E-state index in [-0.39, 0.29) is 12.4 Å². The molecule has 0 amide bonds. The van der Waals surface area contributed by atoms with Crippen molar-refractivity contribution in [3.63, 3.8) is 0 Å². The summed E-state index contributed by atoms with van der Waals surface area (Å²) in [4.78, 5) is 0. The number of nitrogens with one attached hydrogen (secondary N) is 1. The Morgan fingerprint density at radius 2 is 1.57 bits per heavy atom. The van der Waals surface area contributed by atoms with Crippen LogP contribution in [-0.4, -0.2) is 7.11 Å². The highest BCUT2D eigenvalue weighted by molar-refractivity contribution is 6.31. The Labute approximate surface area is 178 Å². The van der Waals surface area contributed by atoms with Gasteiger partial charge in [-0.3, -0.25) is 0 Å². The van der Waals surface area contributed by atoms with Crippen LogP contribution in [0.15, 0.2) is 66.7 Å². The highest BCUT2D eigenvalue weighted by atomic mass is 35.5. The van der Waals surface area contributed by atoms with E-state index in [1.807, 2.05) is 48.5 Å². The van der Waals surface area contributed by atoms with Crippen molar-refractivity contribution < 1.29 is 9.47 Å². The summed E-state index contributed by atoms with van der Waals surface area (Å²) in [7, 11) is 1.66. The predicted octanol–water partition coefficient (Wildman–Crippen LogP) is 5.95. The van der Waals surface area contributed by atoms with E-state index in [0.717, 1.165) is 34.2 Å². The molecule has 0 aliphatic rings. The third kappa shape index (κ3) is 5.90. The maximum atomic E-state index is 6.19. The van der Waals surface area contributed by atoms with Crippen LogP contribution in [0.5, 0.6) is 11.5 Å². The Bertz CT molecular complexity index is 899. The molecule has 0 saturated heterocycles. The van der Waals surface area contributed by atoms with Crippen LogP contribution in [0.3, 0.4) is 0 Å². The smallest absolute Gasteiger partial charge is 0.161 e. The van der Waals surface area contributed by atoms with Gasteiger partial charge in [0, 0.05) is 18.1 Å². The van der Waals surface area contributed by atoms with Crippen molar-refractivity contribution in [1.29, 1.82) is 0 Å². The molecule has 3 nitrogen and oxygen atoms in total. The highest BCUT2D eigenvalue weighted by Gasteiger charge is 2.07. The lowest BCUT2D eigenvalue weighted by Gasteiger charge is -2.14. The monoisotopic (exact) mass is 417 g/mol. The lowest BCUT2D eigenvalue weighted by Crippen LogP contribution is -2.13. The Morgan fingerprint density at radius 1 is 0.857 bits per heavy atom. The molecule has 0 bridgehead atoms. The first-order chi connectivity index (χ1) is 13.2. The molecule has 0 radical (unpaired) electrons. The summed E-state index contributed by atoms with van der Waals surface area (Å²) in [6.07, 6.45) is 0. The van der Waals surface area contributed by atoms with Gasteiger partial charge in [0.1, 0.15) is 6.61 Å². The van der Waals surface area contributed by atoms with Crippen LogP contribution in [-0.2, 0) is 19.7 Å². The first-order valence-corrected chi connectivity index (χ1v) is 9.33. The molecule has 0 saturated carbocycles. The van der Waals surface area contributed by atoms with Crippen molar-refractivity contribution in [3.8, 4) is 11.5 Å². The van der Waals surface area contributed by atoms with Gasteiger partial charge in [0.25, 0.3) is 0 Å². The van der Waals surface area contributed by atoms with Crippen LogP contribution in [0.25, 0.3) is 0 Å². The summed E-state index contributed by atoms with van der Waals surface area (Å²) in [6.45, 7) is 4.05. The van der Waals surface area contributed by atoms with Crippen molar-refractivity contribution in [3.05, 3.63) is 94.0 Å². The van der Waals surface area contributed by atoms with E-state index in [4.69, 9.17) is 21.1 Å². The minimum absolute atomic E-state index is 0. The maximum Gasteiger partial charge on any atom is 0.161 e. The van der Waals surface area contributed by atoms with Gasteiger partial charge in [0.15, 0.2) is 11.5 Å². The number of rotatable bonds is 8. The van der Waals surface area contributed by atoms with Crippen LogP contribution in [0.4, 0.5) is 0 Å². The number of aryl methyl sites for hydroxylation is 1. The third-order valence-electron chi connectivity index (χ3n) is 4.47. The van der Waals surface area contributed by atoms with Crippen LogP contribution < -0.4 is 14.8 Å². The molecule has 148 valence electrons. The van der Waals surface area contributed by atoms with Crippen molar-refractivity contribution in [2.24, 2.45) is 0 Å². The minimum Gasteiger partial charge on any atom is -0.493 e. The van der Waals surface area contributed by atoms with Gasteiger partial charge in [-0.1, -0.05) is 60.1 Å². The predicted molar refractivity (Wildman–Crippen MR) is 118 cm³/mol. The summed E-state index contributed by atoms with van der Waals surface area (Å²) >= 11 is 6.19. The Morgan fingerprint density at radius 3 is 2.29 bits per heavy atom. The van der Waals surface area contributed by atoms with Crippen LogP contribution in [0.1, 0.15) is 22.3 Å². The summed E-state index contributed by atoms with van der Waals surface area (Å²) in [5.41, 5.74) is 4.60. The van der Waals surface area contributed by atoms with Gasteiger partial charge in [-0.25, -0.2) is 0 Å². The van der Waals surface area contributed by atoms with Crippen LogP contribution in [0, 0.1) is 6.92 Å². The van der Waals surface area contributed by atoms with Crippen molar-refractivity contribution >= 4 is 24.0 Å². The third-order valence-corrected chi connectivity index (χ3v) is 4.84. The Kier molecular flexibility index (Phi) is 8.65. The molecule has 0 unspecified atom stereocenters. The van der Waals surface area contributed by atoms with Gasteiger partial charge in [-0.15, -0.1) is 12.4 Å². The topological polar surface area (TPSA) is 30.5 Å². The largest absolute Gasteiger partial charge is 0.493 e. The molecule has 0 spiro atoms. The second-order valence-electron chi connectivity index (χ2n) is 6.40. The van der Waals surface area contributed by atoms with E-state index in [1.165, 1.54) is 11.1 Å². The average molecular weight is 418 g/mol. The number of benzene rings is 3. The fraction of sp³-hybridized carbons (Fsp3) is 0.217. The molecule has 3 rings (SSSR count). The van der Waals surface area contributed by atoms with E-state index in [1.54, 1.807) is 7.11 Å². The lowest BCUT2D eigenvalue weighted by atomic mass is 10.1. The second-order valence-corrected chi connectivity index (χ2v) is 6.80. The summed E-state index contributed by atoms with van der Waals surface area (Å²) in [5.74, 6) is 1.48. The van der Waals surface area contributed by atoms with Crippen LogP contribution >= 0.6 is 24.0 Å². The van der Waals surface area contributed by atoms with Gasteiger partial charge in [-0.2, -0.15) is 0 Å². The lowest BCUT2D eigenvalue weighted by molar-refractivity contribution is 0.283. The molecule has 28 heavy (non-hydrogen) atoms. The van der Waals surface area contributed by atoms with E-state index in [9.17, 15) is 0 Å². The Hall–Kier alpha value is -2.20. The summed E-state index contributed by atoms with van der Waals surface area (Å²) in [5, 5.41) is 4.19. The second kappa shape index (κ2) is 11.0. The quantitative estimate of drug-likeness (QED) is 0.491.